The molecular weight excluding hydrogens is 503 g/mol. The molecule has 0 saturated heterocycles. The number of anilines is 1. The van der Waals surface area contributed by atoms with E-state index in [4.69, 9.17) is 38.2 Å². The molecule has 0 radical (unpaired) electrons. The molecule has 1 amide bonds. The van der Waals surface area contributed by atoms with Crippen LogP contribution in [0.15, 0.2) is 24.3 Å². The summed E-state index contributed by atoms with van der Waals surface area (Å²) in [4.78, 5) is 29.0. The SMILES string of the molecule is N#Cc1cc(Cl)c(C(=O)N[C@@H](CCO[C@H]2C[C@@H](CCc3ccc4c(n3)NCCC4)C2)C(=O)O)c(Cl)c1. The van der Waals surface area contributed by atoms with E-state index in [2.05, 4.69) is 22.8 Å². The van der Waals surface area contributed by atoms with Crippen LogP contribution < -0.4 is 10.6 Å². The molecule has 1 saturated carbocycles. The molecule has 0 spiro atoms. The number of halogens is 2. The number of carboxylic acids is 1. The molecule has 10 heteroatoms. The highest BCUT2D eigenvalue weighted by atomic mass is 35.5. The van der Waals surface area contributed by atoms with Crippen LogP contribution >= 0.6 is 23.2 Å². The predicted molar refractivity (Wildman–Crippen MR) is 137 cm³/mol. The molecule has 8 nitrogen and oxygen atoms in total. The van der Waals surface area contributed by atoms with Crippen molar-refractivity contribution < 1.29 is 19.4 Å². The van der Waals surface area contributed by atoms with Gasteiger partial charge in [0, 0.05) is 25.3 Å². The smallest absolute Gasteiger partial charge is 0.326 e. The Kier molecular flexibility index (Phi) is 8.68. The van der Waals surface area contributed by atoms with Crippen LogP contribution in [0.4, 0.5) is 5.82 Å². The van der Waals surface area contributed by atoms with Gasteiger partial charge in [-0.1, -0.05) is 29.3 Å². The molecule has 0 unspecified atom stereocenters. The fraction of sp³-hybridized carbons (Fsp3) is 0.462. The number of benzene rings is 1. The van der Waals surface area contributed by atoms with Gasteiger partial charge in [-0.15, -0.1) is 0 Å². The van der Waals surface area contributed by atoms with Gasteiger partial charge in [-0.25, -0.2) is 9.78 Å². The fourth-order valence-electron chi connectivity index (χ4n) is 4.60. The summed E-state index contributed by atoms with van der Waals surface area (Å²) in [5.41, 5.74) is 2.55. The lowest BCUT2D eigenvalue weighted by Gasteiger charge is -2.35. The van der Waals surface area contributed by atoms with Gasteiger partial charge in [-0.3, -0.25) is 4.79 Å². The molecule has 1 aliphatic heterocycles. The minimum atomic E-state index is -1.17. The van der Waals surface area contributed by atoms with E-state index in [1.807, 2.05) is 6.07 Å². The van der Waals surface area contributed by atoms with Crippen LogP contribution in [0.1, 0.15) is 59.3 Å². The number of carbonyl (C=O) groups is 2. The zero-order valence-corrected chi connectivity index (χ0v) is 21.2. The van der Waals surface area contributed by atoms with E-state index in [-0.39, 0.29) is 40.3 Å². The molecule has 0 bridgehead atoms. The van der Waals surface area contributed by atoms with Gasteiger partial charge in [0.1, 0.15) is 11.9 Å². The quantitative estimate of drug-likeness (QED) is 0.409. The van der Waals surface area contributed by atoms with Crippen molar-refractivity contribution in [2.24, 2.45) is 5.92 Å². The van der Waals surface area contributed by atoms with Crippen LogP contribution in [0.25, 0.3) is 0 Å². The van der Waals surface area contributed by atoms with E-state index in [0.717, 1.165) is 56.6 Å². The van der Waals surface area contributed by atoms with Crippen LogP contribution in [-0.4, -0.2) is 47.3 Å². The number of nitrogens with one attached hydrogen (secondary N) is 2. The van der Waals surface area contributed by atoms with Crippen molar-refractivity contribution in [3.8, 4) is 6.07 Å². The van der Waals surface area contributed by atoms with Gasteiger partial charge in [0.25, 0.3) is 5.91 Å². The van der Waals surface area contributed by atoms with Crippen molar-refractivity contribution in [2.75, 3.05) is 18.5 Å². The second-order valence-electron chi connectivity index (χ2n) is 9.29. The van der Waals surface area contributed by atoms with Gasteiger partial charge in [0.2, 0.25) is 0 Å². The van der Waals surface area contributed by atoms with E-state index < -0.39 is 17.9 Å². The zero-order chi connectivity index (χ0) is 25.7. The number of carboxylic acid groups (broad SMARTS) is 1. The molecule has 2 aromatic rings. The summed E-state index contributed by atoms with van der Waals surface area (Å²) >= 11 is 12.2. The number of pyridine rings is 1. The third-order valence-electron chi connectivity index (χ3n) is 6.71. The maximum atomic E-state index is 12.6. The average molecular weight is 531 g/mol. The van der Waals surface area contributed by atoms with E-state index >= 15 is 0 Å². The maximum Gasteiger partial charge on any atom is 0.326 e. The number of ether oxygens (including phenoxy) is 1. The number of carbonyl (C=O) groups excluding carboxylic acids is 1. The predicted octanol–water partition coefficient (Wildman–Crippen LogP) is 4.62. The summed E-state index contributed by atoms with van der Waals surface area (Å²) in [6.07, 6.45) is 6.29. The zero-order valence-electron chi connectivity index (χ0n) is 19.7. The number of hydrogen-bond acceptors (Lipinski definition) is 6. The maximum absolute atomic E-state index is 12.6. The molecule has 1 aliphatic carbocycles. The molecule has 1 aromatic heterocycles. The van der Waals surface area contributed by atoms with E-state index in [0.29, 0.717) is 5.92 Å². The van der Waals surface area contributed by atoms with Gasteiger partial charge in [0.05, 0.1) is 33.3 Å². The molecule has 190 valence electrons. The number of nitriles is 1. The van der Waals surface area contributed by atoms with Crippen LogP contribution in [-0.2, 0) is 22.4 Å². The van der Waals surface area contributed by atoms with Crippen LogP contribution in [0, 0.1) is 17.2 Å². The fourth-order valence-corrected chi connectivity index (χ4v) is 5.26. The lowest BCUT2D eigenvalue weighted by Crippen LogP contribution is -2.42. The molecule has 2 aliphatic rings. The number of amides is 1. The molecule has 3 N–H and O–H groups in total. The number of hydrogen-bond donors (Lipinski definition) is 3. The Morgan fingerprint density at radius 2 is 2.03 bits per heavy atom. The summed E-state index contributed by atoms with van der Waals surface area (Å²) < 4.78 is 5.85. The van der Waals surface area contributed by atoms with Crippen LogP contribution in [0.2, 0.25) is 10.0 Å². The standard InChI is InChI=1S/C26H28Cl2N4O4/c27-20-12-16(14-29)13-21(28)23(20)25(33)32-22(26(34)35)7-9-36-19-10-15(11-19)3-5-18-6-4-17-2-1-8-30-24(17)31-18/h4,6,12-13,15,19,22H,1-3,5,7-11H2,(H,30,31)(H,32,33)(H,34,35)/t15-,19+,22-/m0/s1. The van der Waals surface area contributed by atoms with Crippen molar-refractivity contribution >= 4 is 40.9 Å². The second-order valence-corrected chi connectivity index (χ2v) is 10.1. The molecular formula is C26H28Cl2N4O4. The van der Waals surface area contributed by atoms with Gasteiger partial charge in [0.15, 0.2) is 0 Å². The molecule has 4 rings (SSSR count). The highest BCUT2D eigenvalue weighted by Gasteiger charge is 2.30. The molecule has 1 aromatic carbocycles. The second kappa shape index (κ2) is 11.9. The van der Waals surface area contributed by atoms with E-state index in [9.17, 15) is 14.7 Å². The third kappa shape index (κ3) is 6.47. The lowest BCUT2D eigenvalue weighted by atomic mass is 9.79. The first-order valence-corrected chi connectivity index (χ1v) is 12.9. The average Bonchev–Trinajstić information content (AvgIpc) is 2.83. The first-order chi connectivity index (χ1) is 17.3. The van der Waals surface area contributed by atoms with E-state index in [1.54, 1.807) is 0 Å². The molecule has 2 heterocycles. The monoisotopic (exact) mass is 530 g/mol. The minimum absolute atomic E-state index is 0.0145. The topological polar surface area (TPSA) is 124 Å². The summed E-state index contributed by atoms with van der Waals surface area (Å²) in [5.74, 6) is -0.295. The van der Waals surface area contributed by atoms with Crippen LogP contribution in [0.5, 0.6) is 0 Å². The number of rotatable bonds is 10. The van der Waals surface area contributed by atoms with Crippen molar-refractivity contribution in [2.45, 2.75) is 57.1 Å². The Morgan fingerprint density at radius 3 is 2.72 bits per heavy atom. The normalized spacial score (nSPS) is 19.2. The highest BCUT2D eigenvalue weighted by Crippen LogP contribution is 2.34. The van der Waals surface area contributed by atoms with Gasteiger partial charge < -0.3 is 20.5 Å². The van der Waals surface area contributed by atoms with Crippen molar-refractivity contribution in [1.29, 1.82) is 5.26 Å². The highest BCUT2D eigenvalue weighted by molar-refractivity contribution is 6.39. The number of nitrogens with zero attached hydrogens (tertiary/aromatic N) is 2. The number of fused-ring (bicyclic) bond motifs is 1. The number of aromatic nitrogens is 1. The number of aryl methyl sites for hydroxylation is 2. The molecule has 36 heavy (non-hydrogen) atoms. The van der Waals surface area contributed by atoms with Crippen molar-refractivity contribution in [3.05, 3.63) is 56.7 Å². The van der Waals surface area contributed by atoms with Gasteiger partial charge in [-0.2, -0.15) is 5.26 Å². The largest absolute Gasteiger partial charge is 0.480 e. The summed E-state index contributed by atoms with van der Waals surface area (Å²) in [7, 11) is 0. The lowest BCUT2D eigenvalue weighted by molar-refractivity contribution is -0.140. The Balaban J connectivity index is 1.19. The Labute approximate surface area is 220 Å². The van der Waals surface area contributed by atoms with Crippen molar-refractivity contribution in [3.63, 3.8) is 0 Å². The molecule has 1 atom stereocenters. The van der Waals surface area contributed by atoms with Crippen molar-refractivity contribution in [1.82, 2.24) is 10.3 Å². The summed E-state index contributed by atoms with van der Waals surface area (Å²) in [5, 5.41) is 24.3. The minimum Gasteiger partial charge on any atom is -0.480 e. The van der Waals surface area contributed by atoms with Gasteiger partial charge >= 0.3 is 5.97 Å². The summed E-state index contributed by atoms with van der Waals surface area (Å²) in [6.45, 7) is 1.19. The Bertz CT molecular complexity index is 1150. The van der Waals surface area contributed by atoms with E-state index in [1.165, 1.54) is 17.7 Å². The first kappa shape index (κ1) is 26.2. The third-order valence-corrected chi connectivity index (χ3v) is 7.31. The molecule has 1 fully saturated rings. The van der Waals surface area contributed by atoms with Crippen LogP contribution in [0.3, 0.4) is 0 Å². The Morgan fingerprint density at radius 1 is 1.28 bits per heavy atom. The first-order valence-electron chi connectivity index (χ1n) is 12.1. The number of aliphatic carboxylic acids is 1. The van der Waals surface area contributed by atoms with Gasteiger partial charge in [-0.05, 0) is 68.2 Å². The Hall–Kier alpha value is -2.86. The summed E-state index contributed by atoms with van der Waals surface area (Å²) in [6, 6.07) is 7.67.